The lowest BCUT2D eigenvalue weighted by Crippen LogP contribution is -2.36. The molecule has 0 aromatic carbocycles. The molecule has 0 spiro atoms. The highest BCUT2D eigenvalue weighted by molar-refractivity contribution is 5.91. The lowest BCUT2D eigenvalue weighted by molar-refractivity contribution is 0.0916. The zero-order valence-electron chi connectivity index (χ0n) is 14.6. The fraction of sp³-hybridized carbons (Fsp3) is 0.765. The minimum Gasteiger partial charge on any atom is -0.479 e. The number of carbonyl (C=O) groups is 1. The molecule has 1 saturated carbocycles. The van der Waals surface area contributed by atoms with Gasteiger partial charge in [-0.1, -0.05) is 19.3 Å². The first-order chi connectivity index (χ1) is 11.8. The summed E-state index contributed by atoms with van der Waals surface area (Å²) < 4.78 is 9.76. The highest BCUT2D eigenvalue weighted by Crippen LogP contribution is 2.16. The Morgan fingerprint density at radius 3 is 2.75 bits per heavy atom. The summed E-state index contributed by atoms with van der Waals surface area (Å²) >= 11 is 0. The van der Waals surface area contributed by atoms with Crippen LogP contribution in [0.4, 0.5) is 0 Å². The third kappa shape index (κ3) is 6.88. The zero-order valence-corrected chi connectivity index (χ0v) is 14.6. The average Bonchev–Trinajstić information content (AvgIpc) is 3.10. The van der Waals surface area contributed by atoms with E-state index in [1.165, 1.54) is 45.3 Å². The van der Waals surface area contributed by atoms with Crippen molar-refractivity contribution in [2.45, 2.75) is 51.0 Å². The van der Waals surface area contributed by atoms with Crippen LogP contribution < -0.4 is 20.7 Å². The van der Waals surface area contributed by atoms with Crippen LogP contribution in [0.15, 0.2) is 10.6 Å². The van der Waals surface area contributed by atoms with Crippen LogP contribution in [-0.4, -0.2) is 50.4 Å². The quantitative estimate of drug-likeness (QED) is 0.532. The summed E-state index contributed by atoms with van der Waals surface area (Å²) in [6.07, 6.45) is 8.77. The van der Waals surface area contributed by atoms with E-state index in [2.05, 4.69) is 21.1 Å². The van der Waals surface area contributed by atoms with Gasteiger partial charge in [-0.15, -0.1) is 0 Å². The monoisotopic (exact) mass is 338 g/mol. The van der Waals surface area contributed by atoms with Crippen molar-refractivity contribution >= 4 is 5.91 Å². The van der Waals surface area contributed by atoms with Gasteiger partial charge >= 0.3 is 0 Å². The second kappa shape index (κ2) is 11.0. The molecule has 7 heteroatoms. The third-order valence-electron chi connectivity index (χ3n) is 4.33. The lowest BCUT2D eigenvalue weighted by atomic mass is 9.95. The van der Waals surface area contributed by atoms with Gasteiger partial charge < -0.3 is 25.2 Å². The number of unbranched alkanes of at least 4 members (excludes halogenated alkanes) is 1. The Balaban J connectivity index is 1.40. The van der Waals surface area contributed by atoms with Gasteiger partial charge in [0, 0.05) is 25.7 Å². The molecule has 7 nitrogen and oxygen atoms in total. The minimum atomic E-state index is -0.254. The number of aromatic nitrogens is 1. The van der Waals surface area contributed by atoms with Gasteiger partial charge in [0.05, 0.1) is 13.2 Å². The van der Waals surface area contributed by atoms with Crippen LogP contribution in [0.1, 0.15) is 55.5 Å². The first-order valence-corrected chi connectivity index (χ1v) is 9.02. The number of rotatable bonds is 11. The SMILES string of the molecule is COc1cc(C(=O)NCCCCNCCNC2CCCCC2)on1. The molecule has 2 rings (SSSR count). The van der Waals surface area contributed by atoms with E-state index in [9.17, 15) is 4.79 Å². The van der Waals surface area contributed by atoms with Crippen molar-refractivity contribution in [3.8, 4) is 5.88 Å². The molecule has 0 radical (unpaired) electrons. The van der Waals surface area contributed by atoms with Crippen molar-refractivity contribution in [1.29, 1.82) is 0 Å². The van der Waals surface area contributed by atoms with Gasteiger partial charge in [0.1, 0.15) is 0 Å². The van der Waals surface area contributed by atoms with E-state index in [-0.39, 0.29) is 11.7 Å². The molecule has 1 aromatic heterocycles. The van der Waals surface area contributed by atoms with E-state index < -0.39 is 0 Å². The van der Waals surface area contributed by atoms with E-state index in [0.717, 1.165) is 38.5 Å². The fourth-order valence-electron chi connectivity index (χ4n) is 2.92. The predicted octanol–water partition coefficient (Wildman–Crippen LogP) is 1.71. The first-order valence-electron chi connectivity index (χ1n) is 9.02. The average molecular weight is 338 g/mol. The maximum absolute atomic E-state index is 11.8. The fourth-order valence-corrected chi connectivity index (χ4v) is 2.92. The summed E-state index contributed by atoms with van der Waals surface area (Å²) in [6.45, 7) is 3.64. The van der Waals surface area contributed by atoms with Crippen molar-refractivity contribution in [1.82, 2.24) is 21.1 Å². The second-order valence-corrected chi connectivity index (χ2v) is 6.24. The molecule has 0 atom stereocenters. The van der Waals surface area contributed by atoms with Crippen molar-refractivity contribution in [2.75, 3.05) is 33.3 Å². The third-order valence-corrected chi connectivity index (χ3v) is 4.33. The number of methoxy groups -OCH3 is 1. The maximum atomic E-state index is 11.8. The molecule has 1 aliphatic rings. The number of nitrogens with zero attached hydrogens (tertiary/aromatic N) is 1. The molecular formula is C17H30N4O3. The van der Waals surface area contributed by atoms with Crippen LogP contribution in [0.5, 0.6) is 5.88 Å². The molecule has 3 N–H and O–H groups in total. The molecule has 1 fully saturated rings. The summed E-state index contributed by atoms with van der Waals surface area (Å²) in [5.74, 6) is 0.236. The number of hydrogen-bond donors (Lipinski definition) is 3. The molecule has 0 aliphatic heterocycles. The summed E-state index contributed by atoms with van der Waals surface area (Å²) in [6, 6.07) is 2.21. The van der Waals surface area contributed by atoms with Crippen LogP contribution in [0.3, 0.4) is 0 Å². The maximum Gasteiger partial charge on any atom is 0.290 e. The Bertz CT molecular complexity index is 472. The Labute approximate surface area is 143 Å². The molecular weight excluding hydrogens is 308 g/mol. The molecule has 24 heavy (non-hydrogen) atoms. The van der Waals surface area contributed by atoms with E-state index >= 15 is 0 Å². The van der Waals surface area contributed by atoms with Crippen LogP contribution in [0, 0.1) is 0 Å². The standard InChI is InChI=1S/C17H30N4O3/c1-23-16-13-15(24-21-16)17(22)20-10-6-5-9-18-11-12-19-14-7-3-2-4-8-14/h13-14,18-19H,2-12H2,1H3,(H,20,22). The Morgan fingerprint density at radius 2 is 2.00 bits per heavy atom. The Hall–Kier alpha value is -1.60. The smallest absolute Gasteiger partial charge is 0.290 e. The highest BCUT2D eigenvalue weighted by Gasteiger charge is 2.12. The largest absolute Gasteiger partial charge is 0.479 e. The number of carbonyl (C=O) groups excluding carboxylic acids is 1. The van der Waals surface area contributed by atoms with Crippen LogP contribution in [-0.2, 0) is 0 Å². The summed E-state index contributed by atoms with van der Waals surface area (Å²) in [4.78, 5) is 11.8. The lowest BCUT2D eigenvalue weighted by Gasteiger charge is -2.22. The minimum absolute atomic E-state index is 0.179. The number of nitrogens with one attached hydrogen (secondary N) is 3. The van der Waals surface area contributed by atoms with Gasteiger partial charge in [-0.2, -0.15) is 0 Å². The van der Waals surface area contributed by atoms with Gasteiger partial charge in [-0.25, -0.2) is 0 Å². The molecule has 1 amide bonds. The van der Waals surface area contributed by atoms with Crippen molar-refractivity contribution in [3.05, 3.63) is 11.8 Å². The Kier molecular flexibility index (Phi) is 8.62. The number of ether oxygens (including phenoxy) is 1. The molecule has 1 heterocycles. The van der Waals surface area contributed by atoms with Gasteiger partial charge in [-0.05, 0) is 37.4 Å². The summed E-state index contributed by atoms with van der Waals surface area (Å²) in [5, 5.41) is 13.5. The second-order valence-electron chi connectivity index (χ2n) is 6.24. The van der Waals surface area contributed by atoms with Gasteiger partial charge in [0.2, 0.25) is 5.76 Å². The number of hydrogen-bond acceptors (Lipinski definition) is 6. The molecule has 0 bridgehead atoms. The van der Waals surface area contributed by atoms with E-state index in [1.807, 2.05) is 0 Å². The van der Waals surface area contributed by atoms with Crippen LogP contribution in [0.2, 0.25) is 0 Å². The van der Waals surface area contributed by atoms with E-state index in [4.69, 9.17) is 9.26 Å². The van der Waals surface area contributed by atoms with Crippen molar-refractivity contribution in [2.24, 2.45) is 0 Å². The summed E-state index contributed by atoms with van der Waals surface area (Å²) in [7, 11) is 1.48. The van der Waals surface area contributed by atoms with Gasteiger partial charge in [0.25, 0.3) is 11.8 Å². The molecule has 1 aromatic rings. The first kappa shape index (κ1) is 18.7. The summed E-state index contributed by atoms with van der Waals surface area (Å²) in [5.41, 5.74) is 0. The van der Waals surface area contributed by atoms with Gasteiger partial charge in [0.15, 0.2) is 0 Å². The van der Waals surface area contributed by atoms with Crippen molar-refractivity contribution in [3.63, 3.8) is 0 Å². The van der Waals surface area contributed by atoms with Crippen molar-refractivity contribution < 1.29 is 14.1 Å². The molecule has 1 aliphatic carbocycles. The predicted molar refractivity (Wildman–Crippen MR) is 92.4 cm³/mol. The highest BCUT2D eigenvalue weighted by atomic mass is 16.5. The normalized spacial score (nSPS) is 15.4. The van der Waals surface area contributed by atoms with E-state index in [1.54, 1.807) is 0 Å². The van der Waals surface area contributed by atoms with Gasteiger partial charge in [-0.3, -0.25) is 4.79 Å². The van der Waals surface area contributed by atoms with Crippen LogP contribution >= 0.6 is 0 Å². The molecule has 0 unspecified atom stereocenters. The number of amides is 1. The van der Waals surface area contributed by atoms with Crippen LogP contribution in [0.25, 0.3) is 0 Å². The topological polar surface area (TPSA) is 88.4 Å². The molecule has 136 valence electrons. The molecule has 0 saturated heterocycles. The van der Waals surface area contributed by atoms with E-state index in [0.29, 0.717) is 12.4 Å². The zero-order chi connectivity index (χ0) is 17.0. The Morgan fingerprint density at radius 1 is 1.21 bits per heavy atom.